The summed E-state index contributed by atoms with van der Waals surface area (Å²) in [5.74, 6) is -0.271. The molecule has 1 heterocycles. The molecule has 25 heavy (non-hydrogen) atoms. The Balaban J connectivity index is 2.30. The molecule has 0 aliphatic heterocycles. The maximum absolute atomic E-state index is 12.9. The van der Waals surface area contributed by atoms with Gasteiger partial charge in [-0.1, -0.05) is 26.2 Å². The maximum Gasteiger partial charge on any atom is 0.416 e. The molecule has 1 aromatic carbocycles. The van der Waals surface area contributed by atoms with Crippen molar-refractivity contribution in [3.63, 3.8) is 0 Å². The quantitative estimate of drug-likeness (QED) is 0.536. The van der Waals surface area contributed by atoms with Crippen LogP contribution in [0.25, 0.3) is 11.4 Å². The van der Waals surface area contributed by atoms with Crippen molar-refractivity contribution in [3.05, 3.63) is 29.3 Å². The van der Waals surface area contributed by atoms with Crippen LogP contribution in [0.5, 0.6) is 0 Å². The Morgan fingerprint density at radius 3 is 2.00 bits per heavy atom. The number of aromatic nitrogens is 4. The third-order valence-electron chi connectivity index (χ3n) is 3.51. The van der Waals surface area contributed by atoms with Crippen molar-refractivity contribution in [2.45, 2.75) is 51.5 Å². The van der Waals surface area contributed by atoms with E-state index in [-0.39, 0.29) is 17.5 Å². The molecular weight excluding hydrogens is 350 g/mol. The lowest BCUT2D eigenvalue weighted by Crippen LogP contribution is -2.11. The normalized spacial score (nSPS) is 12.6. The molecule has 138 valence electrons. The number of alkyl halides is 6. The summed E-state index contributed by atoms with van der Waals surface area (Å²) < 4.78 is 77.2. The molecule has 2 aromatic rings. The van der Waals surface area contributed by atoms with Gasteiger partial charge in [0.15, 0.2) is 0 Å². The van der Waals surface area contributed by atoms with Gasteiger partial charge in [0.05, 0.1) is 17.7 Å². The van der Waals surface area contributed by atoms with Crippen molar-refractivity contribution in [2.75, 3.05) is 0 Å². The Bertz CT molecular complexity index is 673. The van der Waals surface area contributed by atoms with E-state index in [1.807, 2.05) is 6.92 Å². The number of benzene rings is 1. The Labute approximate surface area is 139 Å². The Hall–Kier alpha value is -2.13. The van der Waals surface area contributed by atoms with Gasteiger partial charge in [-0.2, -0.15) is 31.1 Å². The van der Waals surface area contributed by atoms with Gasteiger partial charge in [0.1, 0.15) is 0 Å². The van der Waals surface area contributed by atoms with E-state index >= 15 is 0 Å². The van der Waals surface area contributed by atoms with E-state index in [2.05, 4.69) is 15.4 Å². The van der Waals surface area contributed by atoms with Crippen LogP contribution >= 0.6 is 0 Å². The van der Waals surface area contributed by atoms with Gasteiger partial charge >= 0.3 is 12.4 Å². The van der Waals surface area contributed by atoms with Gasteiger partial charge in [-0.25, -0.2) is 0 Å². The van der Waals surface area contributed by atoms with Crippen LogP contribution in [0.2, 0.25) is 0 Å². The van der Waals surface area contributed by atoms with Gasteiger partial charge < -0.3 is 0 Å². The predicted octanol–water partition coefficient (Wildman–Crippen LogP) is 4.96. The predicted molar refractivity (Wildman–Crippen MR) is 77.4 cm³/mol. The first-order valence-corrected chi connectivity index (χ1v) is 7.69. The molecule has 1 aromatic heterocycles. The maximum atomic E-state index is 12.9. The summed E-state index contributed by atoms with van der Waals surface area (Å²) in [6, 6.07) is 1.25. The van der Waals surface area contributed by atoms with Gasteiger partial charge in [-0.3, -0.25) is 0 Å². The lowest BCUT2D eigenvalue weighted by Gasteiger charge is -2.12. The average molecular weight is 366 g/mol. The molecule has 0 unspecified atom stereocenters. The minimum Gasteiger partial charge on any atom is -0.166 e. The Morgan fingerprint density at radius 2 is 1.48 bits per heavy atom. The number of tetrazole rings is 1. The van der Waals surface area contributed by atoms with Gasteiger partial charge in [-0.15, -0.1) is 10.2 Å². The second-order valence-electron chi connectivity index (χ2n) is 5.56. The zero-order chi connectivity index (χ0) is 18.7. The molecule has 4 nitrogen and oxygen atoms in total. The minimum absolute atomic E-state index is 0.0681. The smallest absolute Gasteiger partial charge is 0.166 e. The Kier molecular flexibility index (Phi) is 5.69. The number of rotatable bonds is 6. The molecule has 0 fully saturated rings. The number of unbranched alkanes of at least 4 members (excludes halogenated alkanes) is 3. The summed E-state index contributed by atoms with van der Waals surface area (Å²) in [7, 11) is 0. The van der Waals surface area contributed by atoms with Crippen LogP contribution in [0.4, 0.5) is 26.3 Å². The zero-order valence-corrected chi connectivity index (χ0v) is 13.3. The van der Waals surface area contributed by atoms with Crippen LogP contribution in [0.15, 0.2) is 18.2 Å². The van der Waals surface area contributed by atoms with Crippen molar-refractivity contribution >= 4 is 0 Å². The van der Waals surface area contributed by atoms with E-state index < -0.39 is 23.5 Å². The highest BCUT2D eigenvalue weighted by molar-refractivity contribution is 5.57. The highest BCUT2D eigenvalue weighted by Crippen LogP contribution is 2.37. The highest BCUT2D eigenvalue weighted by atomic mass is 19.4. The first-order valence-electron chi connectivity index (χ1n) is 7.69. The van der Waals surface area contributed by atoms with Crippen LogP contribution in [-0.4, -0.2) is 20.2 Å². The summed E-state index contributed by atoms with van der Waals surface area (Å²) in [6.45, 7) is 2.44. The number of aryl methyl sites for hydroxylation is 1. The van der Waals surface area contributed by atoms with Gasteiger partial charge in [-0.05, 0) is 29.8 Å². The summed E-state index contributed by atoms with van der Waals surface area (Å²) >= 11 is 0. The van der Waals surface area contributed by atoms with E-state index in [4.69, 9.17) is 0 Å². The molecule has 0 atom stereocenters. The summed E-state index contributed by atoms with van der Waals surface area (Å²) in [5.41, 5.74) is -3.19. The fourth-order valence-corrected chi connectivity index (χ4v) is 2.22. The second-order valence-corrected chi connectivity index (χ2v) is 5.56. The lowest BCUT2D eigenvalue weighted by molar-refractivity contribution is -0.143. The highest BCUT2D eigenvalue weighted by Gasteiger charge is 2.37. The molecule has 0 saturated carbocycles. The number of hydrogen-bond acceptors (Lipinski definition) is 3. The fraction of sp³-hybridized carbons (Fsp3) is 0.533. The third kappa shape index (κ3) is 5.17. The molecule has 0 spiro atoms. The van der Waals surface area contributed by atoms with Gasteiger partial charge in [0.2, 0.25) is 5.82 Å². The van der Waals surface area contributed by atoms with Gasteiger partial charge in [0.25, 0.3) is 0 Å². The molecule has 0 N–H and O–H groups in total. The first kappa shape index (κ1) is 19.2. The number of nitrogens with zero attached hydrogens (tertiary/aromatic N) is 4. The third-order valence-corrected chi connectivity index (χ3v) is 3.51. The lowest BCUT2D eigenvalue weighted by atomic mass is 10.0. The first-order chi connectivity index (χ1) is 11.6. The standard InChI is InChI=1S/C15H16F6N4/c1-2-3-4-5-6-25-23-13(22-24-25)10-7-11(14(16,17)18)9-12(8-10)15(19,20)21/h7-9H,2-6H2,1H3. The summed E-state index contributed by atoms with van der Waals surface area (Å²) in [5, 5.41) is 11.2. The molecular formula is C15H16F6N4. The van der Waals surface area contributed by atoms with Crippen LogP contribution < -0.4 is 0 Å². The van der Waals surface area contributed by atoms with Crippen LogP contribution in [-0.2, 0) is 18.9 Å². The molecule has 0 saturated heterocycles. The Morgan fingerprint density at radius 1 is 0.880 bits per heavy atom. The summed E-state index contributed by atoms with van der Waals surface area (Å²) in [4.78, 5) is 1.18. The molecule has 0 aliphatic carbocycles. The van der Waals surface area contributed by atoms with Crippen LogP contribution in [0.1, 0.15) is 43.7 Å². The van der Waals surface area contributed by atoms with E-state index in [1.54, 1.807) is 0 Å². The van der Waals surface area contributed by atoms with Crippen molar-refractivity contribution < 1.29 is 26.3 Å². The van der Waals surface area contributed by atoms with E-state index in [1.165, 1.54) is 4.80 Å². The van der Waals surface area contributed by atoms with Crippen molar-refractivity contribution in [1.29, 1.82) is 0 Å². The van der Waals surface area contributed by atoms with E-state index in [9.17, 15) is 26.3 Å². The minimum atomic E-state index is -4.91. The van der Waals surface area contributed by atoms with E-state index in [0.29, 0.717) is 18.7 Å². The average Bonchev–Trinajstić information content (AvgIpc) is 2.98. The molecule has 10 heteroatoms. The fourth-order valence-electron chi connectivity index (χ4n) is 2.22. The molecule has 0 aliphatic rings. The molecule has 0 bridgehead atoms. The number of hydrogen-bond donors (Lipinski definition) is 0. The van der Waals surface area contributed by atoms with Crippen molar-refractivity contribution in [3.8, 4) is 11.4 Å². The van der Waals surface area contributed by atoms with Crippen LogP contribution in [0, 0.1) is 0 Å². The molecule has 2 rings (SSSR count). The summed E-state index contributed by atoms with van der Waals surface area (Å²) in [6.07, 6.45) is -6.10. The number of halogens is 6. The van der Waals surface area contributed by atoms with Gasteiger partial charge in [0, 0.05) is 5.56 Å². The van der Waals surface area contributed by atoms with E-state index in [0.717, 1.165) is 25.7 Å². The van der Waals surface area contributed by atoms with Crippen molar-refractivity contribution in [1.82, 2.24) is 20.2 Å². The largest absolute Gasteiger partial charge is 0.416 e. The monoisotopic (exact) mass is 366 g/mol. The van der Waals surface area contributed by atoms with Crippen LogP contribution in [0.3, 0.4) is 0 Å². The second kappa shape index (κ2) is 7.40. The topological polar surface area (TPSA) is 43.6 Å². The molecule has 0 amide bonds. The van der Waals surface area contributed by atoms with Crippen molar-refractivity contribution in [2.24, 2.45) is 0 Å². The molecule has 0 radical (unpaired) electrons. The zero-order valence-electron chi connectivity index (χ0n) is 13.3. The SMILES string of the molecule is CCCCCCn1nnc(-c2cc(C(F)(F)F)cc(C(F)(F)F)c2)n1.